The van der Waals surface area contributed by atoms with Crippen LogP contribution in [0.5, 0.6) is 0 Å². The van der Waals surface area contributed by atoms with E-state index in [9.17, 15) is 19.8 Å². The summed E-state index contributed by atoms with van der Waals surface area (Å²) in [6.07, 6.45) is 7.65. The van der Waals surface area contributed by atoms with Gasteiger partial charge in [0.1, 0.15) is 0 Å². The van der Waals surface area contributed by atoms with Crippen LogP contribution in [0.15, 0.2) is 48.5 Å². The number of carbonyl (C=O) groups is 2. The van der Waals surface area contributed by atoms with Crippen LogP contribution in [0.25, 0.3) is 0 Å². The van der Waals surface area contributed by atoms with Crippen molar-refractivity contribution >= 4 is 11.9 Å². The Morgan fingerprint density at radius 3 is 1.24 bits per heavy atom. The molecule has 0 aromatic heterocycles. The third kappa shape index (κ3) is 11.8. The first-order valence-electron chi connectivity index (χ1n) is 14.1. The zero-order valence-electron chi connectivity index (χ0n) is 24.2. The van der Waals surface area contributed by atoms with Crippen molar-refractivity contribution in [3.8, 4) is 0 Å². The largest absolute Gasteiger partial charge is 0.478 e. The minimum Gasteiger partial charge on any atom is -0.478 e. The molecule has 0 aliphatic rings. The number of aliphatic hydroxyl groups excluding tert-OH is 2. The van der Waals surface area contributed by atoms with Crippen molar-refractivity contribution < 1.29 is 30.0 Å². The van der Waals surface area contributed by atoms with Crippen molar-refractivity contribution in [2.45, 2.75) is 112 Å². The standard InChI is InChI=1S/C12H26O2.2C10H12O2/c1-5-9-11(14)12(7-3,8-4)10(13)6-2;2*1-2-3-8-4-6-9(7-5-8)10(11)12/h10-11,13-14H,5-9H2,1-4H3;2*4-7H,2-3H2,1H3,(H,11,12). The van der Waals surface area contributed by atoms with E-state index in [1.54, 1.807) is 24.3 Å². The Balaban J connectivity index is 0.000000542. The first kappa shape index (κ1) is 35.3. The highest BCUT2D eigenvalue weighted by Crippen LogP contribution is 2.38. The van der Waals surface area contributed by atoms with E-state index in [-0.39, 0.29) is 17.6 Å². The average Bonchev–Trinajstić information content (AvgIpc) is 2.91. The van der Waals surface area contributed by atoms with Crippen molar-refractivity contribution in [3.63, 3.8) is 0 Å². The second-order valence-corrected chi connectivity index (χ2v) is 9.67. The van der Waals surface area contributed by atoms with Gasteiger partial charge in [0.05, 0.1) is 23.3 Å². The normalized spacial score (nSPS) is 12.3. The molecule has 214 valence electrons. The highest BCUT2D eigenvalue weighted by atomic mass is 16.4. The van der Waals surface area contributed by atoms with Gasteiger partial charge in [0.15, 0.2) is 0 Å². The quantitative estimate of drug-likeness (QED) is 0.214. The van der Waals surface area contributed by atoms with Crippen LogP contribution in [0.2, 0.25) is 0 Å². The molecule has 0 heterocycles. The van der Waals surface area contributed by atoms with Gasteiger partial charge in [0.2, 0.25) is 0 Å². The zero-order chi connectivity index (χ0) is 29.1. The van der Waals surface area contributed by atoms with Crippen LogP contribution in [0.4, 0.5) is 0 Å². The monoisotopic (exact) mass is 530 g/mol. The number of carboxylic acid groups (broad SMARTS) is 2. The summed E-state index contributed by atoms with van der Waals surface area (Å²) in [5.74, 6) is -1.73. The molecule has 0 bridgehead atoms. The highest BCUT2D eigenvalue weighted by molar-refractivity contribution is 5.87. The number of aromatic carboxylic acids is 2. The summed E-state index contributed by atoms with van der Waals surface area (Å²) in [4.78, 5) is 20.9. The smallest absolute Gasteiger partial charge is 0.335 e. The molecule has 2 aromatic carbocycles. The summed E-state index contributed by atoms with van der Waals surface area (Å²) in [7, 11) is 0. The third-order valence-corrected chi connectivity index (χ3v) is 7.07. The Hall–Kier alpha value is -2.70. The number of aliphatic hydroxyl groups is 2. The molecule has 0 aliphatic carbocycles. The lowest BCUT2D eigenvalue weighted by Gasteiger charge is -2.40. The minimum atomic E-state index is -0.863. The van der Waals surface area contributed by atoms with Crippen LogP contribution in [-0.2, 0) is 12.8 Å². The van der Waals surface area contributed by atoms with Gasteiger partial charge in [-0.3, -0.25) is 0 Å². The van der Waals surface area contributed by atoms with Crippen LogP contribution in [-0.4, -0.2) is 44.6 Å². The van der Waals surface area contributed by atoms with Crippen molar-refractivity contribution in [1.29, 1.82) is 0 Å². The maximum Gasteiger partial charge on any atom is 0.335 e. The van der Waals surface area contributed by atoms with Gasteiger partial charge in [-0.2, -0.15) is 0 Å². The van der Waals surface area contributed by atoms with E-state index in [4.69, 9.17) is 10.2 Å². The molecule has 0 aliphatic heterocycles. The molecule has 6 heteroatoms. The van der Waals surface area contributed by atoms with Crippen molar-refractivity contribution in [2.75, 3.05) is 0 Å². The molecule has 2 unspecified atom stereocenters. The lowest BCUT2D eigenvalue weighted by Crippen LogP contribution is -2.44. The van der Waals surface area contributed by atoms with Gasteiger partial charge >= 0.3 is 11.9 Å². The molecular weight excluding hydrogens is 480 g/mol. The molecule has 0 fully saturated rings. The first-order valence-corrected chi connectivity index (χ1v) is 14.1. The van der Waals surface area contributed by atoms with Gasteiger partial charge in [0, 0.05) is 5.41 Å². The molecule has 0 spiro atoms. The predicted molar refractivity (Wildman–Crippen MR) is 155 cm³/mol. The molecule has 6 nitrogen and oxygen atoms in total. The second kappa shape index (κ2) is 19.4. The van der Waals surface area contributed by atoms with E-state index in [0.717, 1.165) is 57.8 Å². The van der Waals surface area contributed by atoms with Crippen LogP contribution >= 0.6 is 0 Å². The van der Waals surface area contributed by atoms with Crippen molar-refractivity contribution in [2.24, 2.45) is 5.41 Å². The fourth-order valence-electron chi connectivity index (χ4n) is 4.59. The molecule has 4 N–H and O–H groups in total. The van der Waals surface area contributed by atoms with Gasteiger partial charge < -0.3 is 20.4 Å². The summed E-state index contributed by atoms with van der Waals surface area (Å²) >= 11 is 0. The summed E-state index contributed by atoms with van der Waals surface area (Å²) in [6, 6.07) is 14.1. The van der Waals surface area contributed by atoms with E-state index in [0.29, 0.717) is 11.1 Å². The van der Waals surface area contributed by atoms with E-state index in [2.05, 4.69) is 34.6 Å². The summed E-state index contributed by atoms with van der Waals surface area (Å²) in [5, 5.41) is 37.3. The molecule has 38 heavy (non-hydrogen) atoms. The maximum atomic E-state index is 10.5. The van der Waals surface area contributed by atoms with Gasteiger partial charge in [-0.15, -0.1) is 0 Å². The number of hydrogen-bond acceptors (Lipinski definition) is 4. The molecule has 0 amide bonds. The lowest BCUT2D eigenvalue weighted by atomic mass is 9.70. The fourth-order valence-corrected chi connectivity index (χ4v) is 4.59. The lowest BCUT2D eigenvalue weighted by molar-refractivity contribution is -0.0805. The van der Waals surface area contributed by atoms with E-state index >= 15 is 0 Å². The summed E-state index contributed by atoms with van der Waals surface area (Å²) in [5.41, 5.74) is 2.82. The maximum absolute atomic E-state index is 10.5. The molecule has 2 rings (SSSR count). The Morgan fingerprint density at radius 2 is 1.00 bits per heavy atom. The second-order valence-electron chi connectivity index (χ2n) is 9.67. The number of benzene rings is 2. The van der Waals surface area contributed by atoms with Crippen LogP contribution < -0.4 is 0 Å². The number of carboxylic acids is 2. The fraction of sp³-hybridized carbons (Fsp3) is 0.562. The molecule has 0 radical (unpaired) electrons. The van der Waals surface area contributed by atoms with Crippen LogP contribution in [0.3, 0.4) is 0 Å². The number of hydrogen-bond donors (Lipinski definition) is 4. The Labute approximate surface area is 229 Å². The van der Waals surface area contributed by atoms with E-state index in [1.165, 1.54) is 11.1 Å². The average molecular weight is 531 g/mol. The van der Waals surface area contributed by atoms with Gasteiger partial charge in [-0.25, -0.2) is 9.59 Å². The van der Waals surface area contributed by atoms with Crippen LogP contribution in [0, 0.1) is 5.41 Å². The first-order chi connectivity index (χ1) is 18.1. The van der Waals surface area contributed by atoms with Crippen LogP contribution in [0.1, 0.15) is 118 Å². The predicted octanol–water partition coefficient (Wildman–Crippen LogP) is 7.40. The minimum absolute atomic E-state index is 0.287. The Kier molecular flexibility index (Phi) is 18.0. The summed E-state index contributed by atoms with van der Waals surface area (Å²) in [6.45, 7) is 12.4. The van der Waals surface area contributed by atoms with Crippen molar-refractivity contribution in [3.05, 3.63) is 70.8 Å². The molecular formula is C32H50O6. The number of aryl methyl sites for hydroxylation is 2. The highest BCUT2D eigenvalue weighted by Gasteiger charge is 2.39. The van der Waals surface area contributed by atoms with Crippen molar-refractivity contribution in [1.82, 2.24) is 0 Å². The summed E-state index contributed by atoms with van der Waals surface area (Å²) < 4.78 is 0. The van der Waals surface area contributed by atoms with E-state index < -0.39 is 11.9 Å². The topological polar surface area (TPSA) is 115 Å². The SMILES string of the molecule is CCCC(O)C(CC)(CC)C(O)CC.CCCc1ccc(C(=O)O)cc1.CCCc1ccc(C(=O)O)cc1. The zero-order valence-corrected chi connectivity index (χ0v) is 24.2. The molecule has 2 aromatic rings. The van der Waals surface area contributed by atoms with E-state index in [1.807, 2.05) is 31.2 Å². The molecule has 0 saturated carbocycles. The van der Waals surface area contributed by atoms with Gasteiger partial charge in [-0.05, 0) is 73.9 Å². The Bertz CT molecular complexity index is 841. The Morgan fingerprint density at radius 1 is 0.632 bits per heavy atom. The van der Waals surface area contributed by atoms with Gasteiger partial charge in [0.25, 0.3) is 0 Å². The van der Waals surface area contributed by atoms with Gasteiger partial charge in [-0.1, -0.05) is 85.1 Å². The molecule has 2 atom stereocenters. The number of rotatable bonds is 13. The molecule has 0 saturated heterocycles. The third-order valence-electron chi connectivity index (χ3n) is 7.07.